The quantitative estimate of drug-likeness (QED) is 0.825. The fourth-order valence-electron chi connectivity index (χ4n) is 1.53. The Kier molecular flexibility index (Phi) is 6.17. The summed E-state index contributed by atoms with van der Waals surface area (Å²) in [5.41, 5.74) is 0.721. The van der Waals surface area contributed by atoms with Gasteiger partial charge < -0.3 is 10.6 Å². The van der Waals surface area contributed by atoms with E-state index >= 15 is 0 Å². The number of rotatable bonds is 6. The van der Waals surface area contributed by atoms with Gasteiger partial charge in [-0.15, -0.1) is 0 Å². The molecule has 0 saturated carbocycles. The van der Waals surface area contributed by atoms with Gasteiger partial charge in [0.1, 0.15) is 9.84 Å². The topological polar surface area (TPSA) is 92.3 Å². The molecule has 0 aromatic heterocycles. The summed E-state index contributed by atoms with van der Waals surface area (Å²) in [6, 6.07) is 4.48. The van der Waals surface area contributed by atoms with E-state index in [-0.39, 0.29) is 23.1 Å². The molecule has 0 aliphatic carbocycles. The number of hydrogen-bond donors (Lipinski definition) is 2. The summed E-state index contributed by atoms with van der Waals surface area (Å²) in [7, 11) is -3.18. The zero-order valence-electron chi connectivity index (χ0n) is 11.8. The lowest BCUT2D eigenvalue weighted by atomic mass is 10.2. The normalized spacial score (nSPS) is 11.0. The second kappa shape index (κ2) is 7.42. The van der Waals surface area contributed by atoms with Crippen molar-refractivity contribution in [2.45, 2.75) is 13.3 Å². The Balaban J connectivity index is 2.71. The third kappa shape index (κ3) is 6.14. The van der Waals surface area contributed by atoms with Gasteiger partial charge in [-0.1, -0.05) is 11.6 Å². The Hall–Kier alpha value is -1.60. The molecule has 0 aliphatic heterocycles. The first-order chi connectivity index (χ1) is 9.73. The highest BCUT2D eigenvalue weighted by molar-refractivity contribution is 7.90. The van der Waals surface area contributed by atoms with Crippen molar-refractivity contribution in [2.24, 2.45) is 0 Å². The molecule has 21 heavy (non-hydrogen) atoms. The van der Waals surface area contributed by atoms with Crippen molar-refractivity contribution in [3.05, 3.63) is 28.8 Å². The third-order valence-electron chi connectivity index (χ3n) is 2.53. The minimum atomic E-state index is -3.18. The van der Waals surface area contributed by atoms with Crippen molar-refractivity contribution in [3.63, 3.8) is 0 Å². The molecule has 2 amide bonds. The molecule has 0 aliphatic rings. The van der Waals surface area contributed by atoms with Crippen molar-refractivity contribution >= 4 is 38.9 Å². The molecule has 0 fully saturated rings. The third-order valence-corrected chi connectivity index (χ3v) is 3.79. The molecule has 0 atom stereocenters. The van der Waals surface area contributed by atoms with E-state index in [0.29, 0.717) is 17.8 Å². The maximum atomic E-state index is 11.7. The van der Waals surface area contributed by atoms with Gasteiger partial charge in [-0.25, -0.2) is 8.42 Å². The first-order valence-electron chi connectivity index (χ1n) is 6.28. The van der Waals surface area contributed by atoms with Crippen molar-refractivity contribution in [2.75, 3.05) is 23.9 Å². The second-order valence-corrected chi connectivity index (χ2v) is 7.15. The Morgan fingerprint density at radius 2 is 1.95 bits per heavy atom. The van der Waals surface area contributed by atoms with Gasteiger partial charge in [-0.2, -0.15) is 0 Å². The number of anilines is 1. The summed E-state index contributed by atoms with van der Waals surface area (Å²) >= 11 is 5.99. The zero-order valence-corrected chi connectivity index (χ0v) is 13.3. The molecule has 1 rings (SSSR count). The van der Waals surface area contributed by atoms with Crippen molar-refractivity contribution in [1.82, 2.24) is 5.32 Å². The van der Waals surface area contributed by atoms with Crippen molar-refractivity contribution in [3.8, 4) is 0 Å². The molecule has 0 saturated heterocycles. The van der Waals surface area contributed by atoms with E-state index in [0.717, 1.165) is 6.26 Å². The minimum absolute atomic E-state index is 0.130. The molecule has 1 aromatic carbocycles. The molecule has 0 spiro atoms. The van der Waals surface area contributed by atoms with Crippen LogP contribution in [0.25, 0.3) is 0 Å². The maximum absolute atomic E-state index is 11.7. The van der Waals surface area contributed by atoms with Gasteiger partial charge in [0.05, 0.1) is 16.3 Å². The van der Waals surface area contributed by atoms with Gasteiger partial charge in [-0.05, 0) is 25.1 Å². The van der Waals surface area contributed by atoms with Gasteiger partial charge in [0.2, 0.25) is 5.91 Å². The van der Waals surface area contributed by atoms with Crippen LogP contribution in [0.1, 0.15) is 23.7 Å². The molecular weight excluding hydrogens is 316 g/mol. The average Bonchev–Trinajstić information content (AvgIpc) is 2.36. The van der Waals surface area contributed by atoms with Gasteiger partial charge in [0, 0.05) is 24.9 Å². The number of carbonyl (C=O) groups is 2. The summed E-state index contributed by atoms with van der Waals surface area (Å²) in [5, 5.41) is 5.37. The number of sulfone groups is 1. The Bertz CT molecular complexity index is 644. The second-order valence-electron chi connectivity index (χ2n) is 4.48. The average molecular weight is 333 g/mol. The summed E-state index contributed by atoms with van der Waals surface area (Å²) < 4.78 is 22.0. The number of nitrogens with one attached hydrogen (secondary N) is 2. The molecule has 0 bridgehead atoms. The lowest BCUT2D eigenvalue weighted by Gasteiger charge is -2.08. The predicted molar refractivity (Wildman–Crippen MR) is 82.4 cm³/mol. The van der Waals surface area contributed by atoms with E-state index in [9.17, 15) is 18.0 Å². The monoisotopic (exact) mass is 332 g/mol. The summed E-state index contributed by atoms with van der Waals surface area (Å²) in [6.07, 6.45) is 0.937. The van der Waals surface area contributed by atoms with E-state index in [1.54, 1.807) is 6.92 Å². The van der Waals surface area contributed by atoms with Crippen LogP contribution in [0.2, 0.25) is 5.02 Å². The van der Waals surface area contributed by atoms with Crippen LogP contribution in [-0.4, -0.2) is 38.8 Å². The van der Waals surface area contributed by atoms with E-state index < -0.39 is 15.7 Å². The largest absolute Gasteiger partial charge is 0.352 e. The van der Waals surface area contributed by atoms with Gasteiger partial charge >= 0.3 is 0 Å². The molecule has 0 radical (unpaired) electrons. The fraction of sp³-hybridized carbons (Fsp3) is 0.385. The Morgan fingerprint density at radius 3 is 2.48 bits per heavy atom. The highest BCUT2D eigenvalue weighted by Crippen LogP contribution is 2.21. The van der Waals surface area contributed by atoms with Crippen LogP contribution >= 0.6 is 11.6 Å². The van der Waals surface area contributed by atoms with Gasteiger partial charge in [0.15, 0.2) is 0 Å². The van der Waals surface area contributed by atoms with E-state index in [1.807, 2.05) is 0 Å². The van der Waals surface area contributed by atoms with Crippen molar-refractivity contribution < 1.29 is 18.0 Å². The molecule has 2 N–H and O–H groups in total. The summed E-state index contributed by atoms with van der Waals surface area (Å²) in [6.45, 7) is 2.28. The number of carbonyl (C=O) groups excluding carboxylic acids is 2. The van der Waals surface area contributed by atoms with E-state index in [4.69, 9.17) is 11.6 Å². The molecule has 0 heterocycles. The molecule has 1 aromatic rings. The van der Waals surface area contributed by atoms with Crippen LogP contribution in [0.15, 0.2) is 18.2 Å². The molecule has 0 unspecified atom stereocenters. The van der Waals surface area contributed by atoms with Crippen LogP contribution < -0.4 is 10.6 Å². The van der Waals surface area contributed by atoms with E-state index in [2.05, 4.69) is 10.6 Å². The van der Waals surface area contributed by atoms with Crippen molar-refractivity contribution in [1.29, 1.82) is 0 Å². The first kappa shape index (κ1) is 17.5. The molecule has 8 heteroatoms. The number of hydrogen-bond acceptors (Lipinski definition) is 4. The predicted octanol–water partition coefficient (Wildman–Crippen LogP) is 1.46. The first-order valence-corrected chi connectivity index (χ1v) is 8.72. The van der Waals surface area contributed by atoms with Crippen LogP contribution in [0.4, 0.5) is 5.69 Å². The van der Waals surface area contributed by atoms with E-state index in [1.165, 1.54) is 18.2 Å². The van der Waals surface area contributed by atoms with Crippen LogP contribution in [-0.2, 0) is 14.6 Å². The fourth-order valence-corrected chi connectivity index (χ4v) is 2.36. The minimum Gasteiger partial charge on any atom is -0.352 e. The molecular formula is C13H17ClN2O4S. The number of amides is 2. The summed E-state index contributed by atoms with van der Waals surface area (Å²) in [4.78, 5) is 23.3. The molecule has 6 nitrogen and oxygen atoms in total. The molecule has 116 valence electrons. The number of halogens is 1. The highest BCUT2D eigenvalue weighted by Gasteiger charge is 2.12. The van der Waals surface area contributed by atoms with Crippen LogP contribution in [0, 0.1) is 0 Å². The lowest BCUT2D eigenvalue weighted by Crippen LogP contribution is -2.23. The summed E-state index contributed by atoms with van der Waals surface area (Å²) in [5.74, 6) is -0.941. The smallest absolute Gasteiger partial charge is 0.252 e. The SMILES string of the molecule is CCNC(=O)c1ccc(NC(=O)CCS(C)(=O)=O)cc1Cl. The highest BCUT2D eigenvalue weighted by atomic mass is 35.5. The Morgan fingerprint density at radius 1 is 1.29 bits per heavy atom. The standard InChI is InChI=1S/C13H17ClN2O4S/c1-3-15-13(18)10-5-4-9(8-11(10)14)16-12(17)6-7-21(2,19)20/h4-5,8H,3,6-7H2,1-2H3,(H,15,18)(H,16,17). The van der Waals surface area contributed by atoms with Crippen LogP contribution in [0.3, 0.4) is 0 Å². The number of benzene rings is 1. The Labute approximate surface area is 128 Å². The zero-order chi connectivity index (χ0) is 16.0. The lowest BCUT2D eigenvalue weighted by molar-refractivity contribution is -0.115. The maximum Gasteiger partial charge on any atom is 0.252 e. The van der Waals surface area contributed by atoms with Gasteiger partial charge in [0.25, 0.3) is 5.91 Å². The van der Waals surface area contributed by atoms with Gasteiger partial charge in [-0.3, -0.25) is 9.59 Å². The van der Waals surface area contributed by atoms with Crippen LogP contribution in [0.5, 0.6) is 0 Å².